The second-order valence-electron chi connectivity index (χ2n) is 6.27. The molecule has 9 heteroatoms. The molecule has 0 saturated carbocycles. The van der Waals surface area contributed by atoms with E-state index in [4.69, 9.17) is 12.2 Å². The maximum absolute atomic E-state index is 5.41. The number of rotatable bonds is 6. The van der Waals surface area contributed by atoms with Gasteiger partial charge in [0.05, 0.1) is 17.2 Å². The number of nitrogens with zero attached hydrogens (tertiary/aromatic N) is 6. The van der Waals surface area contributed by atoms with E-state index >= 15 is 0 Å². The van der Waals surface area contributed by atoms with Crippen LogP contribution in [-0.4, -0.2) is 41.5 Å². The second-order valence-corrected chi connectivity index (χ2v) is 7.58. The van der Waals surface area contributed by atoms with Gasteiger partial charge in [0.2, 0.25) is 4.77 Å². The SMILES string of the molecule is C[C@@H](c1ccc(-n2cncn2)cc1)N(C)Cn1[nH]c(-c2cccs2)nc1=S. The van der Waals surface area contributed by atoms with Crippen molar-refractivity contribution in [2.75, 3.05) is 7.05 Å². The van der Waals surface area contributed by atoms with Crippen LogP contribution in [0.4, 0.5) is 0 Å². The molecule has 0 aliphatic rings. The Morgan fingerprint density at radius 1 is 1.26 bits per heavy atom. The van der Waals surface area contributed by atoms with Crippen LogP contribution in [0.1, 0.15) is 18.5 Å². The van der Waals surface area contributed by atoms with E-state index in [1.54, 1.807) is 22.3 Å². The Balaban J connectivity index is 1.48. The van der Waals surface area contributed by atoms with Crippen molar-refractivity contribution in [2.45, 2.75) is 19.6 Å². The molecule has 0 unspecified atom stereocenters. The number of H-pyrrole nitrogens is 1. The molecular formula is C18H19N7S2. The van der Waals surface area contributed by atoms with Gasteiger partial charge in [-0.3, -0.25) is 10.00 Å². The van der Waals surface area contributed by atoms with Crippen LogP contribution in [-0.2, 0) is 6.67 Å². The highest BCUT2D eigenvalue weighted by Gasteiger charge is 2.14. The zero-order valence-electron chi connectivity index (χ0n) is 15.0. The number of aromatic nitrogens is 6. The minimum absolute atomic E-state index is 0.213. The molecule has 1 N–H and O–H groups in total. The van der Waals surface area contributed by atoms with Crippen molar-refractivity contribution in [1.29, 1.82) is 0 Å². The van der Waals surface area contributed by atoms with Crippen LogP contribution in [0.3, 0.4) is 0 Å². The molecule has 0 spiro atoms. The van der Waals surface area contributed by atoms with Gasteiger partial charge in [0.1, 0.15) is 12.7 Å². The number of hydrogen-bond donors (Lipinski definition) is 1. The Labute approximate surface area is 165 Å². The summed E-state index contributed by atoms with van der Waals surface area (Å²) in [6.45, 7) is 2.80. The van der Waals surface area contributed by atoms with E-state index in [9.17, 15) is 0 Å². The van der Waals surface area contributed by atoms with Gasteiger partial charge < -0.3 is 0 Å². The zero-order valence-corrected chi connectivity index (χ0v) is 16.6. The molecular weight excluding hydrogens is 378 g/mol. The lowest BCUT2D eigenvalue weighted by molar-refractivity contribution is 0.195. The maximum Gasteiger partial charge on any atom is 0.217 e. The molecule has 3 aromatic heterocycles. The molecule has 0 aliphatic carbocycles. The first kappa shape index (κ1) is 17.8. The van der Waals surface area contributed by atoms with Crippen molar-refractivity contribution in [3.05, 3.63) is 64.8 Å². The number of aromatic amines is 1. The quantitative estimate of drug-likeness (QED) is 0.500. The topological polar surface area (TPSA) is 67.6 Å². The molecule has 3 heterocycles. The molecule has 27 heavy (non-hydrogen) atoms. The minimum atomic E-state index is 0.213. The van der Waals surface area contributed by atoms with Gasteiger partial charge in [0, 0.05) is 6.04 Å². The predicted octanol–water partition coefficient (Wildman–Crippen LogP) is 3.90. The lowest BCUT2D eigenvalue weighted by Crippen LogP contribution is -2.26. The van der Waals surface area contributed by atoms with Crippen molar-refractivity contribution in [3.8, 4) is 16.4 Å². The number of benzene rings is 1. The summed E-state index contributed by atoms with van der Waals surface area (Å²) in [5.74, 6) is 0.813. The molecule has 0 fully saturated rings. The van der Waals surface area contributed by atoms with E-state index in [1.165, 1.54) is 11.9 Å². The van der Waals surface area contributed by atoms with Gasteiger partial charge in [-0.1, -0.05) is 18.2 Å². The molecule has 4 aromatic rings. The van der Waals surface area contributed by atoms with Gasteiger partial charge in [-0.15, -0.1) is 11.3 Å². The first-order valence-corrected chi connectivity index (χ1v) is 9.76. The van der Waals surface area contributed by atoms with Crippen molar-refractivity contribution in [1.82, 2.24) is 34.4 Å². The summed E-state index contributed by atoms with van der Waals surface area (Å²) < 4.78 is 4.19. The largest absolute Gasteiger partial charge is 0.281 e. The summed E-state index contributed by atoms with van der Waals surface area (Å²) in [4.78, 5) is 11.8. The van der Waals surface area contributed by atoms with Gasteiger partial charge in [-0.2, -0.15) is 10.1 Å². The van der Waals surface area contributed by atoms with E-state index in [0.717, 1.165) is 16.4 Å². The molecule has 0 saturated heterocycles. The van der Waals surface area contributed by atoms with Crippen molar-refractivity contribution in [3.63, 3.8) is 0 Å². The summed E-state index contributed by atoms with van der Waals surface area (Å²) in [5.41, 5.74) is 2.20. The normalized spacial score (nSPS) is 12.6. The van der Waals surface area contributed by atoms with Gasteiger partial charge in [0.15, 0.2) is 5.82 Å². The first-order chi connectivity index (χ1) is 13.1. The number of nitrogens with one attached hydrogen (secondary N) is 1. The third-order valence-corrected chi connectivity index (χ3v) is 5.71. The monoisotopic (exact) mass is 397 g/mol. The number of thiophene rings is 1. The second kappa shape index (κ2) is 7.55. The highest BCUT2D eigenvalue weighted by atomic mass is 32.1. The highest BCUT2D eigenvalue weighted by Crippen LogP contribution is 2.23. The summed E-state index contributed by atoms with van der Waals surface area (Å²) >= 11 is 7.06. The third-order valence-electron chi connectivity index (χ3n) is 4.52. The van der Waals surface area contributed by atoms with E-state index in [0.29, 0.717) is 11.4 Å². The van der Waals surface area contributed by atoms with Gasteiger partial charge >= 0.3 is 0 Å². The molecule has 4 rings (SSSR count). The molecule has 7 nitrogen and oxygen atoms in total. The van der Waals surface area contributed by atoms with Crippen LogP contribution in [0.2, 0.25) is 0 Å². The fraction of sp³-hybridized carbons (Fsp3) is 0.222. The van der Waals surface area contributed by atoms with Crippen molar-refractivity contribution in [2.24, 2.45) is 0 Å². The van der Waals surface area contributed by atoms with Gasteiger partial charge in [-0.25, -0.2) is 14.3 Å². The summed E-state index contributed by atoms with van der Waals surface area (Å²) in [6, 6.07) is 12.6. The minimum Gasteiger partial charge on any atom is -0.281 e. The molecule has 0 bridgehead atoms. The van der Waals surface area contributed by atoms with Crippen LogP contribution in [0.25, 0.3) is 16.4 Å². The Hall–Kier alpha value is -2.62. The molecule has 1 aromatic carbocycles. The smallest absolute Gasteiger partial charge is 0.217 e. The fourth-order valence-corrected chi connectivity index (χ4v) is 3.68. The average molecular weight is 398 g/mol. The van der Waals surface area contributed by atoms with Crippen LogP contribution in [0.5, 0.6) is 0 Å². The van der Waals surface area contributed by atoms with Gasteiger partial charge in [0.25, 0.3) is 0 Å². The Morgan fingerprint density at radius 3 is 2.74 bits per heavy atom. The molecule has 0 radical (unpaired) electrons. The van der Waals surface area contributed by atoms with E-state index in [2.05, 4.69) is 51.2 Å². The van der Waals surface area contributed by atoms with E-state index < -0.39 is 0 Å². The summed E-state index contributed by atoms with van der Waals surface area (Å²) in [6.07, 6.45) is 3.22. The van der Waals surface area contributed by atoms with E-state index in [1.807, 2.05) is 34.3 Å². The van der Waals surface area contributed by atoms with E-state index in [-0.39, 0.29) is 6.04 Å². The van der Waals surface area contributed by atoms with Crippen molar-refractivity contribution < 1.29 is 0 Å². The third kappa shape index (κ3) is 3.75. The van der Waals surface area contributed by atoms with Crippen molar-refractivity contribution >= 4 is 23.6 Å². The average Bonchev–Trinajstić information content (AvgIpc) is 3.44. The van der Waals surface area contributed by atoms with Gasteiger partial charge in [-0.05, 0) is 55.3 Å². The number of hydrogen-bond acceptors (Lipinski definition) is 6. The van der Waals surface area contributed by atoms with Crippen LogP contribution >= 0.6 is 23.6 Å². The summed E-state index contributed by atoms with van der Waals surface area (Å²) in [5, 5.41) is 9.49. The standard InChI is InChI=1S/C18H19N7S2/c1-13(14-5-7-15(8-6-14)24-11-19-10-20-24)23(2)12-25-18(26)21-17(22-25)16-4-3-9-27-16/h3-11,13H,12H2,1-2H3,(H,21,22,26)/t13-/m0/s1. The Kier molecular flexibility index (Phi) is 4.97. The highest BCUT2D eigenvalue weighted by molar-refractivity contribution is 7.71. The lowest BCUT2D eigenvalue weighted by Gasteiger charge is -2.25. The van der Waals surface area contributed by atoms with Crippen LogP contribution in [0.15, 0.2) is 54.4 Å². The fourth-order valence-electron chi connectivity index (χ4n) is 2.82. The molecule has 138 valence electrons. The molecule has 0 aliphatic heterocycles. The Bertz CT molecular complexity index is 1050. The van der Waals surface area contributed by atoms with Crippen LogP contribution < -0.4 is 0 Å². The lowest BCUT2D eigenvalue weighted by atomic mass is 10.1. The zero-order chi connectivity index (χ0) is 18.8. The maximum atomic E-state index is 5.41. The summed E-state index contributed by atoms with van der Waals surface area (Å²) in [7, 11) is 2.07. The first-order valence-electron chi connectivity index (χ1n) is 8.48. The molecule has 1 atom stereocenters. The molecule has 0 amide bonds. The Morgan fingerprint density at radius 2 is 2.07 bits per heavy atom. The van der Waals surface area contributed by atoms with Crippen LogP contribution in [0, 0.1) is 4.77 Å². The predicted molar refractivity (Wildman–Crippen MR) is 108 cm³/mol.